The average Bonchev–Trinajstić information content (AvgIpc) is 2.88. The maximum Gasteiger partial charge on any atom is 0.271 e. The van der Waals surface area contributed by atoms with Crippen molar-refractivity contribution >= 4 is 33.5 Å². The van der Waals surface area contributed by atoms with E-state index in [1.807, 2.05) is 38.1 Å². The normalized spacial score (nSPS) is 11.2. The van der Waals surface area contributed by atoms with Crippen LogP contribution >= 0.6 is 15.9 Å². The average molecular weight is 398 g/mol. The highest BCUT2D eigenvalue weighted by atomic mass is 79.9. The Morgan fingerprint density at radius 2 is 1.84 bits per heavy atom. The van der Waals surface area contributed by atoms with Crippen molar-refractivity contribution in [1.29, 1.82) is 0 Å². The van der Waals surface area contributed by atoms with E-state index in [0.29, 0.717) is 5.69 Å². The molecule has 3 rings (SSSR count). The molecule has 0 unspecified atom stereocenters. The van der Waals surface area contributed by atoms with Crippen molar-refractivity contribution in [3.63, 3.8) is 0 Å². The van der Waals surface area contributed by atoms with E-state index < -0.39 is 4.92 Å². The summed E-state index contributed by atoms with van der Waals surface area (Å²) in [5.74, 6) is 0. The lowest BCUT2D eigenvalue weighted by atomic mass is 10.2. The first-order valence-corrected chi connectivity index (χ1v) is 8.48. The lowest BCUT2D eigenvalue weighted by molar-refractivity contribution is -0.384. The van der Waals surface area contributed by atoms with Gasteiger partial charge in [-0.2, -0.15) is 0 Å². The molecule has 5 nitrogen and oxygen atoms in total. The van der Waals surface area contributed by atoms with Crippen molar-refractivity contribution < 1.29 is 4.92 Å². The number of hydrogen-bond donors (Lipinski definition) is 0. The van der Waals surface area contributed by atoms with Crippen LogP contribution in [0.1, 0.15) is 17.0 Å². The maximum atomic E-state index is 10.9. The summed E-state index contributed by atoms with van der Waals surface area (Å²) in [6, 6.07) is 16.5. The second kappa shape index (κ2) is 7.03. The Balaban J connectivity index is 1.94. The van der Waals surface area contributed by atoms with Gasteiger partial charge < -0.3 is 4.57 Å². The second-order valence-corrected chi connectivity index (χ2v) is 6.59. The molecule has 0 atom stereocenters. The summed E-state index contributed by atoms with van der Waals surface area (Å²) in [4.78, 5) is 14.8. The Kier molecular flexibility index (Phi) is 4.81. The highest BCUT2D eigenvalue weighted by Gasteiger charge is 2.10. The van der Waals surface area contributed by atoms with Crippen molar-refractivity contribution in [3.05, 3.63) is 86.1 Å². The monoisotopic (exact) mass is 397 g/mol. The molecule has 0 spiro atoms. The van der Waals surface area contributed by atoms with Crippen LogP contribution in [-0.4, -0.2) is 15.7 Å². The highest BCUT2D eigenvalue weighted by molar-refractivity contribution is 9.10. The predicted molar refractivity (Wildman–Crippen MR) is 103 cm³/mol. The van der Waals surface area contributed by atoms with E-state index >= 15 is 0 Å². The molecule has 0 bridgehead atoms. The molecule has 2 aromatic carbocycles. The number of benzene rings is 2. The number of hydrogen-bond acceptors (Lipinski definition) is 3. The van der Waals surface area contributed by atoms with Crippen LogP contribution in [0.3, 0.4) is 0 Å². The molecule has 1 aromatic heterocycles. The Morgan fingerprint density at radius 3 is 2.52 bits per heavy atom. The minimum absolute atomic E-state index is 0.0370. The van der Waals surface area contributed by atoms with E-state index in [9.17, 15) is 10.1 Å². The van der Waals surface area contributed by atoms with Crippen LogP contribution in [-0.2, 0) is 0 Å². The fraction of sp³-hybridized carbons (Fsp3) is 0.105. The van der Waals surface area contributed by atoms with Gasteiger partial charge in [0.2, 0.25) is 0 Å². The molecule has 25 heavy (non-hydrogen) atoms. The maximum absolute atomic E-state index is 10.9. The lowest BCUT2D eigenvalue weighted by Gasteiger charge is -2.09. The van der Waals surface area contributed by atoms with E-state index in [-0.39, 0.29) is 5.69 Å². The zero-order valence-electron chi connectivity index (χ0n) is 13.8. The van der Waals surface area contributed by atoms with Gasteiger partial charge in [-0.25, -0.2) is 0 Å². The zero-order chi connectivity index (χ0) is 18.0. The van der Waals surface area contributed by atoms with Crippen molar-refractivity contribution in [3.8, 4) is 5.69 Å². The zero-order valence-corrected chi connectivity index (χ0v) is 15.4. The summed E-state index contributed by atoms with van der Waals surface area (Å²) in [5.41, 5.74) is 4.81. The van der Waals surface area contributed by atoms with Gasteiger partial charge in [0.1, 0.15) is 0 Å². The molecule has 0 amide bonds. The minimum atomic E-state index is -0.418. The molecule has 0 fully saturated rings. The third kappa shape index (κ3) is 3.69. The Morgan fingerprint density at radius 1 is 1.12 bits per heavy atom. The molecule has 3 aromatic rings. The summed E-state index contributed by atoms with van der Waals surface area (Å²) in [5, 5.41) is 10.9. The second-order valence-electron chi connectivity index (χ2n) is 5.67. The molecule has 6 heteroatoms. The SMILES string of the molecule is Cc1cc(C=Nc2cccc([N+](=O)[O-])c2)c(C)n1-c1ccc(Br)cc1. The fourth-order valence-corrected chi connectivity index (χ4v) is 3.00. The van der Waals surface area contributed by atoms with Gasteiger partial charge in [0.15, 0.2) is 0 Å². The van der Waals surface area contributed by atoms with Gasteiger partial charge in [-0.3, -0.25) is 15.1 Å². The molecular weight excluding hydrogens is 382 g/mol. The third-order valence-electron chi connectivity index (χ3n) is 3.95. The number of non-ortho nitro benzene ring substituents is 1. The van der Waals surface area contributed by atoms with Crippen LogP contribution < -0.4 is 0 Å². The molecular formula is C19H16BrN3O2. The van der Waals surface area contributed by atoms with Gasteiger partial charge >= 0.3 is 0 Å². The van der Waals surface area contributed by atoms with Crippen LogP contribution in [0.5, 0.6) is 0 Å². The first kappa shape index (κ1) is 17.1. The minimum Gasteiger partial charge on any atom is -0.318 e. The van der Waals surface area contributed by atoms with Gasteiger partial charge in [-0.15, -0.1) is 0 Å². The van der Waals surface area contributed by atoms with Crippen molar-refractivity contribution in [2.24, 2.45) is 4.99 Å². The van der Waals surface area contributed by atoms with Crippen LogP contribution in [0.2, 0.25) is 0 Å². The number of aryl methyl sites for hydroxylation is 1. The number of aliphatic imine (C=N–C) groups is 1. The van der Waals surface area contributed by atoms with Crippen molar-refractivity contribution in [2.45, 2.75) is 13.8 Å². The quantitative estimate of drug-likeness (QED) is 0.330. The number of rotatable bonds is 4. The molecule has 0 aliphatic carbocycles. The van der Waals surface area contributed by atoms with E-state index in [2.05, 4.69) is 31.6 Å². The van der Waals surface area contributed by atoms with E-state index in [4.69, 9.17) is 0 Å². The number of nitro groups is 1. The van der Waals surface area contributed by atoms with Gasteiger partial charge in [0.05, 0.1) is 10.6 Å². The summed E-state index contributed by atoms with van der Waals surface area (Å²) in [7, 11) is 0. The van der Waals surface area contributed by atoms with Gasteiger partial charge in [-0.1, -0.05) is 22.0 Å². The molecule has 0 saturated carbocycles. The van der Waals surface area contributed by atoms with Crippen molar-refractivity contribution in [1.82, 2.24) is 4.57 Å². The van der Waals surface area contributed by atoms with E-state index in [1.54, 1.807) is 18.3 Å². The lowest BCUT2D eigenvalue weighted by Crippen LogP contribution is -1.99. The third-order valence-corrected chi connectivity index (χ3v) is 4.48. The van der Waals surface area contributed by atoms with Gasteiger partial charge in [0, 0.05) is 45.5 Å². The fourth-order valence-electron chi connectivity index (χ4n) is 2.74. The molecule has 0 aliphatic rings. The predicted octanol–water partition coefficient (Wildman–Crippen LogP) is 5.52. The van der Waals surface area contributed by atoms with E-state index in [0.717, 1.165) is 27.1 Å². The standard InChI is InChI=1S/C19H16BrN3O2/c1-13-10-15(12-21-17-4-3-5-19(11-17)23(24)25)14(2)22(13)18-8-6-16(20)7-9-18/h3-12H,1-2H3. The van der Waals surface area contributed by atoms with Crippen LogP contribution in [0.15, 0.2) is 64.1 Å². The smallest absolute Gasteiger partial charge is 0.271 e. The first-order valence-electron chi connectivity index (χ1n) is 7.69. The number of halogens is 1. The van der Waals surface area contributed by atoms with Crippen LogP contribution in [0.25, 0.3) is 5.69 Å². The van der Waals surface area contributed by atoms with Crippen molar-refractivity contribution in [2.75, 3.05) is 0 Å². The highest BCUT2D eigenvalue weighted by Crippen LogP contribution is 2.23. The topological polar surface area (TPSA) is 60.4 Å². The molecule has 0 aliphatic heterocycles. The largest absolute Gasteiger partial charge is 0.318 e. The summed E-state index contributed by atoms with van der Waals surface area (Å²) in [6.45, 7) is 4.07. The molecule has 126 valence electrons. The Bertz CT molecular complexity index is 959. The molecule has 0 saturated heterocycles. The van der Waals surface area contributed by atoms with Gasteiger partial charge in [-0.05, 0) is 50.2 Å². The van der Waals surface area contributed by atoms with E-state index in [1.165, 1.54) is 12.1 Å². The van der Waals surface area contributed by atoms with Gasteiger partial charge in [0.25, 0.3) is 5.69 Å². The summed E-state index contributed by atoms with van der Waals surface area (Å²) in [6.07, 6.45) is 1.75. The summed E-state index contributed by atoms with van der Waals surface area (Å²) < 4.78 is 3.19. The summed E-state index contributed by atoms with van der Waals surface area (Å²) >= 11 is 3.45. The molecule has 1 heterocycles. The number of nitrogens with zero attached hydrogens (tertiary/aromatic N) is 3. The number of nitro benzene ring substituents is 1. The van der Waals surface area contributed by atoms with Crippen LogP contribution in [0.4, 0.5) is 11.4 Å². The Hall–Kier alpha value is -2.73. The molecule has 0 radical (unpaired) electrons. The Labute approximate surface area is 153 Å². The number of aromatic nitrogens is 1. The molecule has 0 N–H and O–H groups in total. The first-order chi connectivity index (χ1) is 12.0. The van der Waals surface area contributed by atoms with Crippen LogP contribution in [0, 0.1) is 24.0 Å².